The van der Waals surface area contributed by atoms with Crippen molar-refractivity contribution in [2.24, 2.45) is 28.6 Å². The number of rotatable bonds is 1. The summed E-state index contributed by atoms with van der Waals surface area (Å²) in [5, 5.41) is 20.1. The molecule has 4 rings (SSSR count). The summed E-state index contributed by atoms with van der Waals surface area (Å²) < 4.78 is 0. The van der Waals surface area contributed by atoms with Gasteiger partial charge < -0.3 is 10.2 Å². The lowest BCUT2D eigenvalue weighted by Gasteiger charge is -2.65. The molecule has 4 aliphatic carbocycles. The molecular formula is C15H22O3. The van der Waals surface area contributed by atoms with Gasteiger partial charge in [-0.1, -0.05) is 19.4 Å². The first-order valence-electron chi connectivity index (χ1n) is 6.87. The minimum Gasteiger partial charge on any atom is -0.396 e. The van der Waals surface area contributed by atoms with Crippen LogP contribution in [-0.2, 0) is 4.79 Å². The Bertz CT molecular complexity index is 441. The number of carbonyl (C=O) groups excluding carboxylic acids is 1. The highest BCUT2D eigenvalue weighted by Gasteiger charge is 2.70. The van der Waals surface area contributed by atoms with E-state index >= 15 is 0 Å². The maximum Gasteiger partial charge on any atom is 0.159 e. The van der Waals surface area contributed by atoms with Gasteiger partial charge in [0.05, 0.1) is 12.7 Å². The van der Waals surface area contributed by atoms with E-state index in [1.54, 1.807) is 6.08 Å². The van der Waals surface area contributed by atoms with Crippen molar-refractivity contribution in [3.05, 3.63) is 11.6 Å². The van der Waals surface area contributed by atoms with E-state index in [1.807, 2.05) is 13.8 Å². The van der Waals surface area contributed by atoms with Crippen LogP contribution in [0, 0.1) is 28.6 Å². The predicted octanol–water partition coefficient (Wildman–Crippen LogP) is 1.54. The normalized spacial score (nSPS) is 54.5. The fourth-order valence-electron chi connectivity index (χ4n) is 5.08. The summed E-state index contributed by atoms with van der Waals surface area (Å²) in [6, 6.07) is 0. The second-order valence-electron chi connectivity index (χ2n) is 7.00. The smallest absolute Gasteiger partial charge is 0.159 e. The molecule has 2 fully saturated rings. The van der Waals surface area contributed by atoms with Crippen molar-refractivity contribution in [1.29, 1.82) is 0 Å². The Morgan fingerprint density at radius 2 is 2.06 bits per heavy atom. The maximum absolute atomic E-state index is 12.3. The molecule has 4 aliphatic rings. The van der Waals surface area contributed by atoms with Gasteiger partial charge in [-0.3, -0.25) is 4.79 Å². The van der Waals surface area contributed by atoms with Gasteiger partial charge in [0.1, 0.15) is 0 Å². The van der Waals surface area contributed by atoms with Gasteiger partial charge in [-0.05, 0) is 43.1 Å². The van der Waals surface area contributed by atoms with E-state index < -0.39 is 11.5 Å². The van der Waals surface area contributed by atoms with Crippen molar-refractivity contribution in [3.63, 3.8) is 0 Å². The zero-order chi connectivity index (χ0) is 13.3. The van der Waals surface area contributed by atoms with Crippen LogP contribution in [0.15, 0.2) is 11.6 Å². The standard InChI is InChI=1S/C15H22O3/c1-8-6-9(17)12-13-11(8)14(12,2)5-4-10(18)15(13,3)7-16/h6,10-13,16,18H,4-5,7H2,1-3H3. The van der Waals surface area contributed by atoms with Crippen molar-refractivity contribution in [2.75, 3.05) is 6.61 Å². The number of aliphatic hydroxyl groups excluding tert-OH is 2. The summed E-state index contributed by atoms with van der Waals surface area (Å²) in [5.74, 6) is 0.675. The monoisotopic (exact) mass is 250 g/mol. The van der Waals surface area contributed by atoms with Crippen molar-refractivity contribution in [3.8, 4) is 0 Å². The molecule has 0 aliphatic heterocycles. The van der Waals surface area contributed by atoms with E-state index in [-0.39, 0.29) is 29.6 Å². The first-order chi connectivity index (χ1) is 8.36. The van der Waals surface area contributed by atoms with E-state index in [4.69, 9.17) is 0 Å². The molecule has 0 amide bonds. The molecule has 18 heavy (non-hydrogen) atoms. The number of fused-ring (bicyclic) bond motifs is 1. The van der Waals surface area contributed by atoms with Crippen LogP contribution in [0.3, 0.4) is 0 Å². The third-order valence-electron chi connectivity index (χ3n) is 6.13. The van der Waals surface area contributed by atoms with Gasteiger partial charge in [0.15, 0.2) is 5.78 Å². The highest BCUT2D eigenvalue weighted by molar-refractivity contribution is 5.96. The van der Waals surface area contributed by atoms with E-state index in [1.165, 1.54) is 0 Å². The molecule has 3 heteroatoms. The van der Waals surface area contributed by atoms with Crippen LogP contribution in [0.2, 0.25) is 0 Å². The Kier molecular flexibility index (Phi) is 2.37. The van der Waals surface area contributed by atoms with Crippen LogP contribution < -0.4 is 0 Å². The number of aliphatic hydroxyl groups is 2. The van der Waals surface area contributed by atoms with E-state index in [0.29, 0.717) is 12.3 Å². The first-order valence-corrected chi connectivity index (χ1v) is 6.87. The predicted molar refractivity (Wildman–Crippen MR) is 67.8 cm³/mol. The van der Waals surface area contributed by atoms with Crippen molar-refractivity contribution >= 4 is 5.78 Å². The highest BCUT2D eigenvalue weighted by atomic mass is 16.3. The molecule has 2 saturated carbocycles. The molecule has 3 nitrogen and oxygen atoms in total. The van der Waals surface area contributed by atoms with E-state index in [0.717, 1.165) is 12.0 Å². The lowest BCUT2D eigenvalue weighted by molar-refractivity contribution is -0.180. The molecule has 4 bridgehead atoms. The van der Waals surface area contributed by atoms with Gasteiger partial charge in [0, 0.05) is 11.3 Å². The molecule has 0 aromatic heterocycles. The number of hydrogen-bond donors (Lipinski definition) is 2. The number of ketones is 1. The van der Waals surface area contributed by atoms with Crippen molar-refractivity contribution < 1.29 is 15.0 Å². The molecule has 0 saturated heterocycles. The topological polar surface area (TPSA) is 57.5 Å². The number of carbonyl (C=O) groups is 1. The molecule has 0 spiro atoms. The Hall–Kier alpha value is -0.670. The van der Waals surface area contributed by atoms with Gasteiger partial charge in [0.25, 0.3) is 0 Å². The van der Waals surface area contributed by atoms with E-state index in [9.17, 15) is 15.0 Å². The van der Waals surface area contributed by atoms with Crippen LogP contribution in [0.5, 0.6) is 0 Å². The molecule has 0 heterocycles. The zero-order valence-corrected chi connectivity index (χ0v) is 11.3. The van der Waals surface area contributed by atoms with Gasteiger partial charge in [-0.25, -0.2) is 0 Å². The van der Waals surface area contributed by atoms with Crippen LogP contribution in [0.1, 0.15) is 33.6 Å². The lowest BCUT2D eigenvalue weighted by Crippen LogP contribution is -2.65. The van der Waals surface area contributed by atoms with Gasteiger partial charge >= 0.3 is 0 Å². The maximum atomic E-state index is 12.3. The second kappa shape index (κ2) is 3.45. The summed E-state index contributed by atoms with van der Waals surface area (Å²) in [6.45, 7) is 6.11. The molecule has 6 atom stereocenters. The summed E-state index contributed by atoms with van der Waals surface area (Å²) in [4.78, 5) is 12.3. The molecule has 6 unspecified atom stereocenters. The third-order valence-corrected chi connectivity index (χ3v) is 6.13. The lowest BCUT2D eigenvalue weighted by atomic mass is 9.38. The van der Waals surface area contributed by atoms with Crippen LogP contribution in [0.25, 0.3) is 0 Å². The molecule has 100 valence electrons. The number of allylic oxidation sites excluding steroid dienone is 2. The fraction of sp³-hybridized carbons (Fsp3) is 0.800. The SMILES string of the molecule is CC1=CC(=O)C2C3C1C2(C)CCC(O)C3(C)CO. The van der Waals surface area contributed by atoms with Crippen LogP contribution >= 0.6 is 0 Å². The summed E-state index contributed by atoms with van der Waals surface area (Å²) in [5.41, 5.74) is 0.620. The molecule has 0 aromatic carbocycles. The van der Waals surface area contributed by atoms with Crippen LogP contribution in [0.4, 0.5) is 0 Å². The van der Waals surface area contributed by atoms with Gasteiger partial charge in [-0.15, -0.1) is 0 Å². The Balaban J connectivity index is 2.13. The fourth-order valence-corrected chi connectivity index (χ4v) is 5.08. The average molecular weight is 250 g/mol. The van der Waals surface area contributed by atoms with Gasteiger partial charge in [0.2, 0.25) is 0 Å². The van der Waals surface area contributed by atoms with Gasteiger partial charge in [-0.2, -0.15) is 0 Å². The Morgan fingerprint density at radius 3 is 2.61 bits per heavy atom. The van der Waals surface area contributed by atoms with Crippen molar-refractivity contribution in [2.45, 2.75) is 39.7 Å². The zero-order valence-electron chi connectivity index (χ0n) is 11.3. The minimum atomic E-state index is -0.531. The molecule has 0 aromatic rings. The van der Waals surface area contributed by atoms with E-state index in [2.05, 4.69) is 6.92 Å². The highest BCUT2D eigenvalue weighted by Crippen LogP contribution is 2.71. The summed E-state index contributed by atoms with van der Waals surface area (Å²) >= 11 is 0. The number of hydrogen-bond acceptors (Lipinski definition) is 3. The first kappa shape index (κ1) is 12.4. The quantitative estimate of drug-likeness (QED) is 0.742. The largest absolute Gasteiger partial charge is 0.396 e. The van der Waals surface area contributed by atoms with Crippen LogP contribution in [-0.4, -0.2) is 28.7 Å². The summed E-state index contributed by atoms with van der Waals surface area (Å²) in [7, 11) is 0. The minimum absolute atomic E-state index is 0.000463. The Labute approximate surface area is 108 Å². The van der Waals surface area contributed by atoms with Crippen molar-refractivity contribution in [1.82, 2.24) is 0 Å². The average Bonchev–Trinajstić information content (AvgIpc) is 2.44. The third kappa shape index (κ3) is 1.15. The molecule has 2 N–H and O–H groups in total. The molecular weight excluding hydrogens is 228 g/mol. The summed E-state index contributed by atoms with van der Waals surface area (Å²) in [6.07, 6.45) is 2.85. The Morgan fingerprint density at radius 1 is 1.39 bits per heavy atom. The molecule has 0 radical (unpaired) electrons. The second-order valence-corrected chi connectivity index (χ2v) is 7.00.